The third-order valence-electron chi connectivity index (χ3n) is 6.74. The van der Waals surface area contributed by atoms with Crippen LogP contribution < -0.4 is 0 Å². The molecule has 4 aromatic carbocycles. The number of nitrogens with zero attached hydrogens (tertiary/aromatic N) is 1. The first-order valence-electron chi connectivity index (χ1n) is 11.3. The van der Waals surface area contributed by atoms with E-state index < -0.39 is 0 Å². The lowest BCUT2D eigenvalue weighted by Crippen LogP contribution is -1.94. The number of fused-ring (bicyclic) bond motifs is 6. The second-order valence-corrected chi connectivity index (χ2v) is 9.65. The number of aromatic nitrogens is 1. The number of phenols is 1. The molecular formula is C30H21NOS. The maximum atomic E-state index is 11.5. The van der Waals surface area contributed by atoms with Gasteiger partial charge >= 0.3 is 0 Å². The molecule has 0 saturated carbocycles. The average molecular weight is 444 g/mol. The fourth-order valence-corrected chi connectivity index (χ4v) is 6.46. The van der Waals surface area contributed by atoms with Crippen LogP contribution in [0, 0.1) is 0 Å². The Labute approximate surface area is 195 Å². The van der Waals surface area contributed by atoms with Gasteiger partial charge in [-0.2, -0.15) is 0 Å². The normalized spacial score (nSPS) is 14.0. The Morgan fingerprint density at radius 3 is 2.42 bits per heavy atom. The molecule has 0 fully saturated rings. The molecule has 0 saturated heterocycles. The summed E-state index contributed by atoms with van der Waals surface area (Å²) in [4.78, 5) is 0. The summed E-state index contributed by atoms with van der Waals surface area (Å²) in [7, 11) is 0. The second-order valence-electron chi connectivity index (χ2n) is 8.60. The summed E-state index contributed by atoms with van der Waals surface area (Å²) in [6.07, 6.45) is 8.61. The number of hydrogen-bond acceptors (Lipinski definition) is 2. The summed E-state index contributed by atoms with van der Waals surface area (Å²) in [6.45, 7) is 0. The minimum Gasteiger partial charge on any atom is -0.507 e. The second kappa shape index (κ2) is 7.09. The number of allylic oxidation sites excluding steroid dienone is 4. The van der Waals surface area contributed by atoms with Crippen LogP contribution in [0.25, 0.3) is 53.2 Å². The lowest BCUT2D eigenvalue weighted by atomic mass is 9.97. The number of hydrogen-bond donors (Lipinski definition) is 1. The highest BCUT2D eigenvalue weighted by Gasteiger charge is 2.20. The van der Waals surface area contributed by atoms with Crippen LogP contribution in [-0.2, 0) is 0 Å². The summed E-state index contributed by atoms with van der Waals surface area (Å²) in [5.74, 6) is 0.365. The van der Waals surface area contributed by atoms with Gasteiger partial charge in [-0.05, 0) is 48.7 Å². The van der Waals surface area contributed by atoms with E-state index in [1.165, 1.54) is 20.2 Å². The summed E-state index contributed by atoms with van der Waals surface area (Å²) >= 11 is 1.83. The van der Waals surface area contributed by atoms with Gasteiger partial charge in [0, 0.05) is 26.4 Å². The van der Waals surface area contributed by atoms with Gasteiger partial charge in [0.15, 0.2) is 0 Å². The summed E-state index contributed by atoms with van der Waals surface area (Å²) in [6, 6.07) is 27.8. The molecule has 7 rings (SSSR count). The third-order valence-corrected chi connectivity index (χ3v) is 7.95. The molecule has 0 radical (unpaired) electrons. The zero-order chi connectivity index (χ0) is 21.9. The SMILES string of the molecule is Oc1c(C2=CCCC=C2)ccc2c1c1ccccc1n2-c1cccc2c1sc1ccccc12. The lowest BCUT2D eigenvalue weighted by molar-refractivity contribution is 0.480. The topological polar surface area (TPSA) is 25.2 Å². The van der Waals surface area contributed by atoms with Crippen LogP contribution >= 0.6 is 11.3 Å². The van der Waals surface area contributed by atoms with E-state index in [1.54, 1.807) is 0 Å². The predicted octanol–water partition coefficient (Wildman–Crippen LogP) is 8.59. The predicted molar refractivity (Wildman–Crippen MR) is 142 cm³/mol. The van der Waals surface area contributed by atoms with Crippen LogP contribution in [0.15, 0.2) is 97.1 Å². The Balaban J connectivity index is 1.60. The Morgan fingerprint density at radius 2 is 1.55 bits per heavy atom. The van der Waals surface area contributed by atoms with Crippen molar-refractivity contribution >= 4 is 58.9 Å². The summed E-state index contributed by atoms with van der Waals surface area (Å²) in [5, 5.41) is 16.1. The van der Waals surface area contributed by atoms with Crippen molar-refractivity contribution in [1.82, 2.24) is 4.57 Å². The van der Waals surface area contributed by atoms with E-state index in [2.05, 4.69) is 102 Å². The molecule has 2 heterocycles. The molecule has 1 N–H and O–H groups in total. The molecule has 33 heavy (non-hydrogen) atoms. The van der Waals surface area contributed by atoms with Crippen LogP contribution in [0.3, 0.4) is 0 Å². The Kier molecular flexibility index (Phi) is 4.02. The van der Waals surface area contributed by atoms with Gasteiger partial charge in [-0.25, -0.2) is 0 Å². The Hall–Kier alpha value is -3.82. The van der Waals surface area contributed by atoms with Gasteiger partial charge < -0.3 is 9.67 Å². The van der Waals surface area contributed by atoms with Gasteiger partial charge in [-0.3, -0.25) is 0 Å². The molecule has 6 aromatic rings. The van der Waals surface area contributed by atoms with Crippen molar-refractivity contribution in [3.63, 3.8) is 0 Å². The van der Waals surface area contributed by atoms with Crippen molar-refractivity contribution in [3.8, 4) is 11.4 Å². The highest BCUT2D eigenvalue weighted by atomic mass is 32.1. The quantitative estimate of drug-likeness (QED) is 0.285. The van der Waals surface area contributed by atoms with Crippen molar-refractivity contribution in [2.24, 2.45) is 0 Å². The molecule has 1 aliphatic rings. The molecule has 1 aliphatic carbocycles. The van der Waals surface area contributed by atoms with Gasteiger partial charge in [-0.15, -0.1) is 11.3 Å². The van der Waals surface area contributed by atoms with Gasteiger partial charge in [0.25, 0.3) is 0 Å². The van der Waals surface area contributed by atoms with Gasteiger partial charge in [0.1, 0.15) is 5.75 Å². The molecular weight excluding hydrogens is 422 g/mol. The number of para-hydroxylation sites is 1. The number of phenolic OH excluding ortho intramolecular Hbond substituents is 1. The summed E-state index contributed by atoms with van der Waals surface area (Å²) < 4.78 is 4.88. The van der Waals surface area contributed by atoms with Crippen LogP contribution in [0.1, 0.15) is 18.4 Å². The average Bonchev–Trinajstić information content (AvgIpc) is 3.41. The van der Waals surface area contributed by atoms with Gasteiger partial charge in [-0.1, -0.05) is 66.8 Å². The van der Waals surface area contributed by atoms with Crippen molar-refractivity contribution in [3.05, 3.63) is 103 Å². The van der Waals surface area contributed by atoms with E-state index in [-0.39, 0.29) is 0 Å². The fraction of sp³-hybridized carbons (Fsp3) is 0.0667. The molecule has 0 amide bonds. The molecule has 0 bridgehead atoms. The minimum atomic E-state index is 0.365. The van der Waals surface area contributed by atoms with E-state index in [0.717, 1.165) is 51.5 Å². The van der Waals surface area contributed by atoms with Crippen molar-refractivity contribution < 1.29 is 5.11 Å². The standard InChI is InChI=1S/C30H21NOS/c32-29-20(19-9-2-1-3-10-19)17-18-25-28(29)23-12-4-6-14-24(23)31(25)26-15-8-13-22-21-11-5-7-16-27(21)33-30(22)26/h2,4-18,32H,1,3H2. The number of rotatable bonds is 2. The van der Waals surface area contributed by atoms with Crippen molar-refractivity contribution in [2.45, 2.75) is 12.8 Å². The van der Waals surface area contributed by atoms with Crippen LogP contribution in [0.5, 0.6) is 5.75 Å². The maximum Gasteiger partial charge on any atom is 0.133 e. The largest absolute Gasteiger partial charge is 0.507 e. The van der Waals surface area contributed by atoms with Crippen molar-refractivity contribution in [2.75, 3.05) is 0 Å². The maximum absolute atomic E-state index is 11.5. The van der Waals surface area contributed by atoms with Crippen LogP contribution in [0.2, 0.25) is 0 Å². The first kappa shape index (κ1) is 18.7. The molecule has 0 spiro atoms. The van der Waals surface area contributed by atoms with E-state index >= 15 is 0 Å². The van der Waals surface area contributed by atoms with Gasteiger partial charge in [0.05, 0.1) is 26.8 Å². The first-order valence-corrected chi connectivity index (χ1v) is 12.2. The van der Waals surface area contributed by atoms with Crippen LogP contribution in [-0.4, -0.2) is 9.67 Å². The van der Waals surface area contributed by atoms with E-state index in [1.807, 2.05) is 11.3 Å². The molecule has 0 aliphatic heterocycles. The number of benzene rings is 4. The zero-order valence-electron chi connectivity index (χ0n) is 18.0. The third kappa shape index (κ3) is 2.66. The van der Waals surface area contributed by atoms with E-state index in [0.29, 0.717) is 5.75 Å². The van der Waals surface area contributed by atoms with Crippen molar-refractivity contribution in [1.29, 1.82) is 0 Å². The lowest BCUT2D eigenvalue weighted by Gasteiger charge is -2.12. The van der Waals surface area contributed by atoms with E-state index in [9.17, 15) is 5.11 Å². The monoisotopic (exact) mass is 443 g/mol. The smallest absolute Gasteiger partial charge is 0.133 e. The Bertz CT molecular complexity index is 1780. The number of aromatic hydroxyl groups is 1. The summed E-state index contributed by atoms with van der Waals surface area (Å²) in [5.41, 5.74) is 5.30. The van der Waals surface area contributed by atoms with E-state index in [4.69, 9.17) is 0 Å². The Morgan fingerprint density at radius 1 is 0.727 bits per heavy atom. The molecule has 0 unspecified atom stereocenters. The molecule has 158 valence electrons. The zero-order valence-corrected chi connectivity index (χ0v) is 18.8. The number of thiophene rings is 1. The minimum absolute atomic E-state index is 0.365. The first-order chi connectivity index (χ1) is 16.3. The molecule has 2 aromatic heterocycles. The highest BCUT2D eigenvalue weighted by Crippen LogP contribution is 2.44. The fourth-order valence-electron chi connectivity index (χ4n) is 5.26. The van der Waals surface area contributed by atoms with Crippen LogP contribution in [0.4, 0.5) is 0 Å². The molecule has 3 heteroatoms. The molecule has 2 nitrogen and oxygen atoms in total. The highest BCUT2D eigenvalue weighted by molar-refractivity contribution is 7.26. The molecule has 0 atom stereocenters. The van der Waals surface area contributed by atoms with Gasteiger partial charge in [0.2, 0.25) is 0 Å².